The molecule has 14 aromatic carbocycles. The highest BCUT2D eigenvalue weighted by atomic mass is 19.4. The van der Waals surface area contributed by atoms with Gasteiger partial charge in [-0.05, 0) is 103 Å². The van der Waals surface area contributed by atoms with Crippen molar-refractivity contribution >= 4 is 43.6 Å². The van der Waals surface area contributed by atoms with Crippen molar-refractivity contribution in [2.24, 2.45) is 0 Å². The minimum absolute atomic E-state index is 0.0904. The van der Waals surface area contributed by atoms with Crippen LogP contribution in [-0.4, -0.2) is 68.9 Å². The van der Waals surface area contributed by atoms with Crippen molar-refractivity contribution in [1.82, 2.24) is 68.9 Å². The molecule has 0 N–H and O–H groups in total. The number of hydrogen-bond donors (Lipinski definition) is 0. The van der Waals surface area contributed by atoms with Crippen LogP contribution in [-0.2, 0) is 12.4 Å². The minimum atomic E-state index is -5.37. The molecule has 0 aliphatic rings. The number of aromatic nitrogens is 14. The quantitative estimate of drug-likeness (QED) is 0.0883. The Morgan fingerprint density at radius 3 is 0.658 bits per heavy atom. The Morgan fingerprint density at radius 1 is 0.217 bits per heavy atom. The molecule has 0 amide bonds. The maximum absolute atomic E-state index is 16.1. The lowest BCUT2D eigenvalue weighted by Crippen LogP contribution is -2.13. The smallest absolute Gasteiger partial charge is 0.307 e. The Balaban J connectivity index is 0.894. The minimum Gasteiger partial charge on any atom is -0.307 e. The summed E-state index contributed by atoms with van der Waals surface area (Å²) < 4.78 is 96.5. The SMILES string of the molecule is N#Cc1cc(-n2c3ccc(-c4nc(-c5ccccc5)nc(-c5ccccc5)n4)cc3c3cc(-c4nc(-c5ccccc5)nc(-c5ccccc5)n4)ccc32)c(-n2c3ccc(-c4nc(-c5ccccc5)nc(-c5ccccc5)n4)cc3c3cc(-c4nc(-c5ccccc5)nc(-c5ccccc5)n4)ccc32)cc1-c1ccc(C(F)(F)F)cc1C(F)(F)F. The molecule has 6 aromatic heterocycles. The van der Waals surface area contributed by atoms with Crippen molar-refractivity contribution in [2.45, 2.75) is 12.4 Å². The number of halogens is 6. The van der Waals surface area contributed by atoms with E-state index in [2.05, 4.69) is 6.07 Å². The molecule has 6 heterocycles. The van der Waals surface area contributed by atoms with Crippen molar-refractivity contribution in [3.05, 3.63) is 362 Å². The van der Waals surface area contributed by atoms with Crippen molar-refractivity contribution in [2.75, 3.05) is 0 Å². The molecule has 120 heavy (non-hydrogen) atoms. The first-order valence-corrected chi connectivity index (χ1v) is 38.2. The Hall–Kier alpha value is -16.2. The van der Waals surface area contributed by atoms with E-state index in [0.717, 1.165) is 50.6 Å². The summed E-state index contributed by atoms with van der Waals surface area (Å²) in [6, 6.07) is 106. The summed E-state index contributed by atoms with van der Waals surface area (Å²) in [5.74, 6) is 4.49. The van der Waals surface area contributed by atoms with E-state index in [-0.39, 0.29) is 28.6 Å². The third kappa shape index (κ3) is 13.7. The van der Waals surface area contributed by atoms with E-state index in [4.69, 9.17) is 59.8 Å². The summed E-state index contributed by atoms with van der Waals surface area (Å²) in [4.78, 5) is 61.4. The van der Waals surface area contributed by atoms with Gasteiger partial charge >= 0.3 is 12.4 Å². The molecular formula is C99H57F6N15. The van der Waals surface area contributed by atoms with Crippen LogP contribution in [0, 0.1) is 11.3 Å². The Labute approximate surface area is 680 Å². The molecule has 0 fully saturated rings. The molecule has 0 bridgehead atoms. The van der Waals surface area contributed by atoms with Crippen molar-refractivity contribution in [3.63, 3.8) is 0 Å². The second kappa shape index (κ2) is 29.9. The molecule has 0 aliphatic heterocycles. The monoisotopic (exact) mass is 1570 g/mol. The van der Waals surface area contributed by atoms with Gasteiger partial charge in [0.15, 0.2) is 69.9 Å². The maximum atomic E-state index is 16.1. The number of nitrogens with zero attached hydrogens (tertiary/aromatic N) is 15. The Morgan fingerprint density at radius 2 is 0.442 bits per heavy atom. The van der Waals surface area contributed by atoms with Crippen LogP contribution < -0.4 is 0 Å². The third-order valence-electron chi connectivity index (χ3n) is 21.0. The van der Waals surface area contributed by atoms with Gasteiger partial charge in [0.1, 0.15) is 0 Å². The summed E-state index contributed by atoms with van der Waals surface area (Å²) in [5, 5.41) is 14.2. The van der Waals surface area contributed by atoms with Gasteiger partial charge in [0.05, 0.1) is 56.2 Å². The van der Waals surface area contributed by atoms with Gasteiger partial charge in [0, 0.05) is 93.9 Å². The van der Waals surface area contributed by atoms with Gasteiger partial charge in [0.2, 0.25) is 0 Å². The van der Waals surface area contributed by atoms with E-state index in [1.54, 1.807) is 0 Å². The van der Waals surface area contributed by atoms with Gasteiger partial charge in [-0.2, -0.15) is 31.6 Å². The van der Waals surface area contributed by atoms with E-state index in [1.807, 2.05) is 325 Å². The molecule has 0 unspecified atom stereocenters. The van der Waals surface area contributed by atoms with E-state index in [1.165, 1.54) is 12.1 Å². The lowest BCUT2D eigenvalue weighted by Gasteiger charge is -2.21. The summed E-state index contributed by atoms with van der Waals surface area (Å²) >= 11 is 0. The molecule has 21 heteroatoms. The Bertz CT molecular complexity index is 6820. The van der Waals surface area contributed by atoms with Crippen LogP contribution in [0.25, 0.3) is 203 Å². The highest BCUT2D eigenvalue weighted by molar-refractivity contribution is 6.14. The van der Waals surface area contributed by atoms with Gasteiger partial charge in [0.25, 0.3) is 0 Å². The number of rotatable bonds is 15. The lowest BCUT2D eigenvalue weighted by molar-refractivity contribution is -0.142. The second-order valence-corrected chi connectivity index (χ2v) is 28.5. The molecule has 20 rings (SSSR count). The van der Waals surface area contributed by atoms with Crippen LogP contribution in [0.5, 0.6) is 0 Å². The van der Waals surface area contributed by atoms with Gasteiger partial charge in [-0.3, -0.25) is 0 Å². The van der Waals surface area contributed by atoms with Gasteiger partial charge in [-0.25, -0.2) is 59.8 Å². The first kappa shape index (κ1) is 72.7. The molecule has 20 aromatic rings. The van der Waals surface area contributed by atoms with Crippen molar-refractivity contribution in [1.29, 1.82) is 5.26 Å². The third-order valence-corrected chi connectivity index (χ3v) is 21.0. The predicted octanol–water partition coefficient (Wildman–Crippen LogP) is 24.2. The average Bonchev–Trinajstić information content (AvgIpc) is 1.55. The van der Waals surface area contributed by atoms with E-state index in [9.17, 15) is 18.4 Å². The van der Waals surface area contributed by atoms with Crippen LogP contribution in [0.15, 0.2) is 346 Å². The zero-order valence-electron chi connectivity index (χ0n) is 62.9. The molecule has 0 saturated heterocycles. The van der Waals surface area contributed by atoms with E-state index in [0.29, 0.717) is 142 Å². The van der Waals surface area contributed by atoms with Gasteiger partial charge in [-0.15, -0.1) is 0 Å². The summed E-state index contributed by atoms with van der Waals surface area (Å²) in [5.41, 5.74) is 6.14. The molecule has 0 radical (unpaired) electrons. The summed E-state index contributed by atoms with van der Waals surface area (Å²) in [6.07, 6.45) is -10.6. The first-order chi connectivity index (χ1) is 58.7. The first-order valence-electron chi connectivity index (χ1n) is 38.2. The van der Waals surface area contributed by atoms with Crippen LogP contribution in [0.1, 0.15) is 16.7 Å². The van der Waals surface area contributed by atoms with Gasteiger partial charge < -0.3 is 9.13 Å². The topological polar surface area (TPSA) is 188 Å². The highest BCUT2D eigenvalue weighted by Crippen LogP contribution is 2.48. The number of hydrogen-bond acceptors (Lipinski definition) is 13. The van der Waals surface area contributed by atoms with Crippen molar-refractivity contribution < 1.29 is 26.3 Å². The lowest BCUT2D eigenvalue weighted by atomic mass is 9.92. The molecule has 570 valence electrons. The molecule has 0 atom stereocenters. The standard InChI is InChI=1S/C99H57F6N15/c100-98(101,102)72-45-46-73(79(56-72)99(103,104)105)74-57-85(120-82-49-43-69(96-115-90(63-33-17-5-18-34-63)109-91(116-96)64-35-19-6-20-36-64)53-77(82)78-54-70(44-50-83(78)120)97-117-92(65-37-21-7-22-38-65)110-93(118-97)66-39-23-8-24-40-66)84(55-71(74)58-106)119-80-47-41-67(94-111-86(59-25-9-1-10-26-59)107-87(112-94)60-27-11-2-12-28-60)51-75(80)76-52-68(42-48-81(76)119)95-113-88(61-29-13-3-14-30-61)108-89(114-95)62-31-15-4-16-32-62/h1-57H. The fourth-order valence-electron chi connectivity index (χ4n) is 15.3. The molecule has 0 aliphatic carbocycles. The normalized spacial score (nSPS) is 11.7. The second-order valence-electron chi connectivity index (χ2n) is 28.5. The summed E-state index contributed by atoms with van der Waals surface area (Å²) in [6.45, 7) is 0. The summed E-state index contributed by atoms with van der Waals surface area (Å²) in [7, 11) is 0. The van der Waals surface area contributed by atoms with Crippen LogP contribution in [0.2, 0.25) is 0 Å². The fourth-order valence-corrected chi connectivity index (χ4v) is 15.3. The number of fused-ring (bicyclic) bond motifs is 6. The molecular weight excluding hydrogens is 1510 g/mol. The van der Waals surface area contributed by atoms with Crippen molar-refractivity contribution in [3.8, 4) is 165 Å². The Kier molecular flexibility index (Phi) is 18.1. The van der Waals surface area contributed by atoms with Gasteiger partial charge in [-0.1, -0.05) is 249 Å². The number of benzene rings is 14. The number of nitriles is 1. The molecule has 15 nitrogen and oxygen atoms in total. The maximum Gasteiger partial charge on any atom is 0.417 e. The number of alkyl halides is 6. The zero-order chi connectivity index (χ0) is 81.2. The van der Waals surface area contributed by atoms with Crippen LogP contribution in [0.3, 0.4) is 0 Å². The highest BCUT2D eigenvalue weighted by Gasteiger charge is 2.40. The zero-order valence-corrected chi connectivity index (χ0v) is 62.9. The van der Waals surface area contributed by atoms with Crippen LogP contribution >= 0.6 is 0 Å². The molecule has 0 saturated carbocycles. The molecule has 0 spiro atoms. The average molecular weight is 1570 g/mol. The predicted molar refractivity (Wildman–Crippen MR) is 454 cm³/mol. The van der Waals surface area contributed by atoms with Crippen LogP contribution in [0.4, 0.5) is 26.3 Å². The van der Waals surface area contributed by atoms with E-state index < -0.39 is 29.0 Å². The fraction of sp³-hybridized carbons (Fsp3) is 0.0202. The largest absolute Gasteiger partial charge is 0.417 e. The van der Waals surface area contributed by atoms with E-state index >= 15 is 13.2 Å².